The van der Waals surface area contributed by atoms with Gasteiger partial charge < -0.3 is 24.0 Å². The van der Waals surface area contributed by atoms with Gasteiger partial charge in [0.2, 0.25) is 0 Å². The van der Waals surface area contributed by atoms with E-state index in [4.69, 9.17) is 8.83 Å². The number of hydrogen-bond donors (Lipinski definition) is 1. The summed E-state index contributed by atoms with van der Waals surface area (Å²) < 4.78 is 10.4. The van der Waals surface area contributed by atoms with Crippen molar-refractivity contribution in [3.05, 3.63) is 66.4 Å². The van der Waals surface area contributed by atoms with Gasteiger partial charge in [0, 0.05) is 32.2 Å². The first-order valence-electron chi connectivity index (χ1n) is 8.91. The van der Waals surface area contributed by atoms with Crippen LogP contribution < -0.4 is 10.2 Å². The maximum Gasteiger partial charge on any atom is 0.289 e. The van der Waals surface area contributed by atoms with Crippen molar-refractivity contribution in [3.8, 4) is 0 Å². The fourth-order valence-corrected chi connectivity index (χ4v) is 3.01. The number of carbonyl (C=O) groups excluding carboxylic acids is 2. The van der Waals surface area contributed by atoms with Gasteiger partial charge in [-0.3, -0.25) is 9.59 Å². The van der Waals surface area contributed by atoms with E-state index in [1.807, 2.05) is 4.90 Å². The number of nitrogens with zero attached hydrogens (tertiary/aromatic N) is 4. The molecule has 0 aliphatic carbocycles. The van der Waals surface area contributed by atoms with Crippen molar-refractivity contribution >= 4 is 17.6 Å². The molecule has 9 heteroatoms. The minimum absolute atomic E-state index is 0.120. The zero-order chi connectivity index (χ0) is 19.3. The summed E-state index contributed by atoms with van der Waals surface area (Å²) in [4.78, 5) is 36.8. The summed E-state index contributed by atoms with van der Waals surface area (Å²) in [6, 6.07) is 8.56. The van der Waals surface area contributed by atoms with Crippen molar-refractivity contribution in [2.24, 2.45) is 0 Å². The van der Waals surface area contributed by atoms with Crippen LogP contribution in [0.25, 0.3) is 0 Å². The molecule has 2 amide bonds. The van der Waals surface area contributed by atoms with Crippen LogP contribution in [-0.2, 0) is 6.54 Å². The van der Waals surface area contributed by atoms with E-state index in [2.05, 4.69) is 15.3 Å². The van der Waals surface area contributed by atoms with Crippen LogP contribution in [0.3, 0.4) is 0 Å². The van der Waals surface area contributed by atoms with Crippen molar-refractivity contribution < 1.29 is 18.4 Å². The fourth-order valence-electron chi connectivity index (χ4n) is 3.01. The molecule has 0 spiro atoms. The van der Waals surface area contributed by atoms with Gasteiger partial charge in [-0.05, 0) is 24.3 Å². The molecule has 0 unspecified atom stereocenters. The number of furan rings is 2. The van der Waals surface area contributed by atoms with E-state index in [1.165, 1.54) is 12.6 Å². The quantitative estimate of drug-likeness (QED) is 0.715. The van der Waals surface area contributed by atoms with E-state index in [0.29, 0.717) is 50.1 Å². The smallest absolute Gasteiger partial charge is 0.289 e. The van der Waals surface area contributed by atoms with Crippen molar-refractivity contribution in [3.63, 3.8) is 0 Å². The minimum Gasteiger partial charge on any atom is -0.467 e. The van der Waals surface area contributed by atoms with E-state index >= 15 is 0 Å². The van der Waals surface area contributed by atoms with Gasteiger partial charge in [0.25, 0.3) is 11.8 Å². The van der Waals surface area contributed by atoms with Crippen LogP contribution in [0.1, 0.15) is 26.8 Å². The highest BCUT2D eigenvalue weighted by Gasteiger charge is 2.24. The van der Waals surface area contributed by atoms with E-state index in [-0.39, 0.29) is 17.5 Å². The molecule has 4 heterocycles. The Morgan fingerprint density at radius 2 is 1.82 bits per heavy atom. The first-order valence-corrected chi connectivity index (χ1v) is 8.91. The van der Waals surface area contributed by atoms with Gasteiger partial charge in [0.15, 0.2) is 5.76 Å². The summed E-state index contributed by atoms with van der Waals surface area (Å²) in [5.41, 5.74) is 0.283. The summed E-state index contributed by atoms with van der Waals surface area (Å²) in [6.45, 7) is 2.60. The number of amides is 2. The molecular formula is C19H19N5O4. The molecule has 0 aromatic carbocycles. The maximum absolute atomic E-state index is 12.3. The summed E-state index contributed by atoms with van der Waals surface area (Å²) in [7, 11) is 0. The Morgan fingerprint density at radius 3 is 2.54 bits per heavy atom. The van der Waals surface area contributed by atoms with Gasteiger partial charge in [-0.2, -0.15) is 0 Å². The Balaban J connectivity index is 1.35. The highest BCUT2D eigenvalue weighted by Crippen LogP contribution is 2.16. The SMILES string of the molecule is O=C(NCc1ccco1)c1cc(N2CCN(C(=O)c3ccco3)CC2)ncn1. The third kappa shape index (κ3) is 3.88. The van der Waals surface area contributed by atoms with Crippen LogP contribution in [0.15, 0.2) is 58.0 Å². The fraction of sp³-hybridized carbons (Fsp3) is 0.263. The van der Waals surface area contributed by atoms with Crippen LogP contribution in [0.2, 0.25) is 0 Å². The first-order chi connectivity index (χ1) is 13.7. The Kier molecular flexibility index (Phi) is 5.05. The molecule has 1 fully saturated rings. The van der Waals surface area contributed by atoms with Gasteiger partial charge in [-0.1, -0.05) is 0 Å². The van der Waals surface area contributed by atoms with Crippen molar-refractivity contribution in [2.45, 2.75) is 6.54 Å². The Morgan fingerprint density at radius 1 is 1.04 bits per heavy atom. The van der Waals surface area contributed by atoms with Gasteiger partial charge in [-0.25, -0.2) is 9.97 Å². The number of carbonyl (C=O) groups is 2. The van der Waals surface area contributed by atoms with Crippen LogP contribution in [0.4, 0.5) is 5.82 Å². The maximum atomic E-state index is 12.3. The molecule has 1 aliphatic rings. The number of aromatic nitrogens is 2. The van der Waals surface area contributed by atoms with Gasteiger partial charge in [0.1, 0.15) is 23.6 Å². The number of piperazine rings is 1. The molecule has 3 aromatic heterocycles. The Labute approximate surface area is 161 Å². The molecule has 9 nitrogen and oxygen atoms in total. The van der Waals surface area contributed by atoms with E-state index in [9.17, 15) is 9.59 Å². The standard InChI is InChI=1S/C19H19N5O4/c25-18(20-12-14-3-1-9-27-14)15-11-17(22-13-21-15)23-5-7-24(8-6-23)19(26)16-4-2-10-28-16/h1-4,9-11,13H,5-8,12H2,(H,20,25). The van der Waals surface area contributed by atoms with Crippen LogP contribution in [0, 0.1) is 0 Å². The molecular weight excluding hydrogens is 362 g/mol. The molecule has 0 atom stereocenters. The molecule has 1 aliphatic heterocycles. The highest BCUT2D eigenvalue weighted by atomic mass is 16.3. The molecule has 144 valence electrons. The van der Waals surface area contributed by atoms with Gasteiger partial charge in [0.05, 0.1) is 19.1 Å². The van der Waals surface area contributed by atoms with Gasteiger partial charge in [-0.15, -0.1) is 0 Å². The average molecular weight is 381 g/mol. The van der Waals surface area contributed by atoms with Crippen molar-refractivity contribution in [2.75, 3.05) is 31.1 Å². The van der Waals surface area contributed by atoms with Crippen LogP contribution >= 0.6 is 0 Å². The largest absolute Gasteiger partial charge is 0.467 e. The summed E-state index contributed by atoms with van der Waals surface area (Å²) in [6.07, 6.45) is 4.42. The van der Waals surface area contributed by atoms with E-state index in [0.717, 1.165) is 0 Å². The molecule has 0 radical (unpaired) electrons. The minimum atomic E-state index is -0.299. The highest BCUT2D eigenvalue weighted by molar-refractivity contribution is 5.93. The third-order valence-electron chi connectivity index (χ3n) is 4.51. The van der Waals surface area contributed by atoms with Crippen LogP contribution in [-0.4, -0.2) is 52.9 Å². The third-order valence-corrected chi connectivity index (χ3v) is 4.51. The summed E-state index contributed by atoms with van der Waals surface area (Å²) >= 11 is 0. The Hall–Kier alpha value is -3.62. The molecule has 28 heavy (non-hydrogen) atoms. The lowest BCUT2D eigenvalue weighted by Gasteiger charge is -2.35. The average Bonchev–Trinajstić information content (AvgIpc) is 3.46. The predicted molar refractivity (Wildman–Crippen MR) is 98.7 cm³/mol. The normalized spacial score (nSPS) is 14.1. The number of nitrogens with one attached hydrogen (secondary N) is 1. The van der Waals surface area contributed by atoms with E-state index < -0.39 is 0 Å². The monoisotopic (exact) mass is 381 g/mol. The van der Waals surface area contributed by atoms with Crippen molar-refractivity contribution in [1.82, 2.24) is 20.2 Å². The Bertz CT molecular complexity index is 931. The topological polar surface area (TPSA) is 105 Å². The summed E-state index contributed by atoms with van der Waals surface area (Å²) in [5.74, 6) is 1.24. The number of anilines is 1. The number of rotatable bonds is 5. The molecule has 1 N–H and O–H groups in total. The lowest BCUT2D eigenvalue weighted by Crippen LogP contribution is -2.49. The first kappa shape index (κ1) is 17.8. The van der Waals surface area contributed by atoms with Crippen molar-refractivity contribution in [1.29, 1.82) is 0 Å². The molecule has 4 rings (SSSR count). The zero-order valence-electron chi connectivity index (χ0n) is 15.1. The summed E-state index contributed by atoms with van der Waals surface area (Å²) in [5, 5.41) is 2.76. The molecule has 1 saturated heterocycles. The second-order valence-electron chi connectivity index (χ2n) is 6.28. The number of hydrogen-bond acceptors (Lipinski definition) is 7. The molecule has 3 aromatic rings. The van der Waals surface area contributed by atoms with Gasteiger partial charge >= 0.3 is 0 Å². The van der Waals surface area contributed by atoms with E-state index in [1.54, 1.807) is 41.5 Å². The lowest BCUT2D eigenvalue weighted by molar-refractivity contribution is 0.0714. The molecule has 0 saturated carbocycles. The second-order valence-corrected chi connectivity index (χ2v) is 6.28. The predicted octanol–water partition coefficient (Wildman–Crippen LogP) is 1.56. The second kappa shape index (κ2) is 7.95. The molecule has 0 bridgehead atoms. The lowest BCUT2D eigenvalue weighted by atomic mass is 10.2. The zero-order valence-corrected chi connectivity index (χ0v) is 15.1. The van der Waals surface area contributed by atoms with Crippen LogP contribution in [0.5, 0.6) is 0 Å².